The van der Waals surface area contributed by atoms with Crippen molar-refractivity contribution in [2.45, 2.75) is 4.90 Å². The molecule has 0 saturated carbocycles. The van der Waals surface area contributed by atoms with Crippen LogP contribution in [0.2, 0.25) is 5.02 Å². The number of rotatable bonds is 8. The van der Waals surface area contributed by atoms with Gasteiger partial charge in [-0.05, 0) is 42.0 Å². The number of amides is 1. The molecule has 4 aromatic rings. The van der Waals surface area contributed by atoms with E-state index >= 15 is 0 Å². The highest BCUT2D eigenvalue weighted by Crippen LogP contribution is 2.32. The van der Waals surface area contributed by atoms with Gasteiger partial charge in [-0.2, -0.15) is 0 Å². The lowest BCUT2D eigenvalue weighted by molar-refractivity contribution is -0.114. The van der Waals surface area contributed by atoms with Crippen LogP contribution in [-0.4, -0.2) is 28.0 Å². The zero-order valence-electron chi connectivity index (χ0n) is 18.9. The first-order chi connectivity index (χ1) is 16.9. The highest BCUT2D eigenvalue weighted by Gasteiger charge is 2.28. The van der Waals surface area contributed by atoms with Crippen LogP contribution in [0.5, 0.6) is 5.75 Å². The minimum atomic E-state index is -4.07. The molecule has 0 aliphatic rings. The molecule has 178 valence electrons. The van der Waals surface area contributed by atoms with Crippen LogP contribution in [0, 0.1) is 0 Å². The molecule has 0 radical (unpaired) electrons. The zero-order valence-corrected chi connectivity index (χ0v) is 20.5. The van der Waals surface area contributed by atoms with Crippen LogP contribution in [0.15, 0.2) is 108 Å². The third-order valence-corrected chi connectivity index (χ3v) is 7.41. The third-order valence-electron chi connectivity index (χ3n) is 5.33. The van der Waals surface area contributed by atoms with Crippen molar-refractivity contribution in [3.05, 3.63) is 108 Å². The third kappa shape index (κ3) is 5.48. The number of sulfonamides is 1. The molecule has 35 heavy (non-hydrogen) atoms. The first-order valence-corrected chi connectivity index (χ1v) is 12.6. The van der Waals surface area contributed by atoms with Crippen LogP contribution < -0.4 is 14.4 Å². The van der Waals surface area contributed by atoms with E-state index in [9.17, 15) is 13.2 Å². The largest absolute Gasteiger partial charge is 0.495 e. The van der Waals surface area contributed by atoms with Crippen molar-refractivity contribution in [3.63, 3.8) is 0 Å². The minimum absolute atomic E-state index is 0.0597. The van der Waals surface area contributed by atoms with Crippen LogP contribution in [0.25, 0.3) is 11.1 Å². The van der Waals surface area contributed by atoms with Gasteiger partial charge < -0.3 is 10.1 Å². The summed E-state index contributed by atoms with van der Waals surface area (Å²) in [6, 6.07) is 29.5. The van der Waals surface area contributed by atoms with Crippen molar-refractivity contribution in [3.8, 4) is 16.9 Å². The first kappa shape index (κ1) is 24.3. The first-order valence-electron chi connectivity index (χ1n) is 10.8. The van der Waals surface area contributed by atoms with Crippen LogP contribution in [0.1, 0.15) is 0 Å². The van der Waals surface area contributed by atoms with E-state index in [0.717, 1.165) is 15.4 Å². The lowest BCUT2D eigenvalue weighted by Crippen LogP contribution is -2.38. The summed E-state index contributed by atoms with van der Waals surface area (Å²) in [6.07, 6.45) is 0. The van der Waals surface area contributed by atoms with Crippen molar-refractivity contribution >= 4 is 38.9 Å². The van der Waals surface area contributed by atoms with Crippen LogP contribution >= 0.6 is 11.6 Å². The summed E-state index contributed by atoms with van der Waals surface area (Å²) in [4.78, 5) is 13.3. The van der Waals surface area contributed by atoms with Crippen LogP contribution in [-0.2, 0) is 14.8 Å². The highest BCUT2D eigenvalue weighted by molar-refractivity contribution is 7.92. The Balaban J connectivity index is 1.68. The zero-order chi connectivity index (χ0) is 24.8. The molecule has 6 nitrogen and oxygen atoms in total. The molecule has 0 aromatic heterocycles. The molecule has 0 unspecified atom stereocenters. The van der Waals surface area contributed by atoms with Crippen LogP contribution in [0.4, 0.5) is 11.4 Å². The van der Waals surface area contributed by atoms with Crippen molar-refractivity contribution in [1.82, 2.24) is 0 Å². The van der Waals surface area contributed by atoms with E-state index in [1.165, 1.54) is 25.3 Å². The Bertz CT molecular complexity index is 1430. The molecule has 1 N–H and O–H groups in total. The van der Waals surface area contributed by atoms with E-state index in [-0.39, 0.29) is 15.6 Å². The molecule has 8 heteroatoms. The van der Waals surface area contributed by atoms with Gasteiger partial charge in [0.15, 0.2) is 0 Å². The van der Waals surface area contributed by atoms with E-state index in [0.29, 0.717) is 11.4 Å². The van der Waals surface area contributed by atoms with E-state index in [1.54, 1.807) is 36.4 Å². The molecular weight excluding hydrogens is 484 g/mol. The number of nitrogens with one attached hydrogen (secondary N) is 1. The summed E-state index contributed by atoms with van der Waals surface area (Å²) < 4.78 is 33.3. The molecule has 1 amide bonds. The number of nitrogens with zero attached hydrogens (tertiary/aromatic N) is 1. The van der Waals surface area contributed by atoms with Crippen molar-refractivity contribution in [1.29, 1.82) is 0 Å². The van der Waals surface area contributed by atoms with Gasteiger partial charge in [0.2, 0.25) is 5.91 Å². The molecule has 0 saturated heterocycles. The Morgan fingerprint density at radius 3 is 2.17 bits per heavy atom. The molecule has 0 atom stereocenters. The number of ether oxygens (including phenoxy) is 1. The standard InChI is InChI=1S/C27H23ClN2O4S/c1-34-26-17-16-21(18-24(26)28)30(35(32,33)22-12-6-3-7-13-22)19-27(31)29-25-15-9-8-14-23(25)20-10-4-2-5-11-20/h2-18H,19H2,1H3,(H,29,31). The van der Waals surface area contributed by atoms with Gasteiger partial charge in [-0.15, -0.1) is 0 Å². The molecular formula is C27H23ClN2O4S. The topological polar surface area (TPSA) is 75.7 Å². The summed E-state index contributed by atoms with van der Waals surface area (Å²) in [5.74, 6) is -0.103. The Morgan fingerprint density at radius 2 is 1.51 bits per heavy atom. The number of methoxy groups -OCH3 is 1. The second kappa shape index (κ2) is 10.6. The smallest absolute Gasteiger partial charge is 0.264 e. The molecule has 0 aliphatic carbocycles. The van der Waals surface area contributed by atoms with E-state index in [4.69, 9.17) is 16.3 Å². The SMILES string of the molecule is COc1ccc(N(CC(=O)Nc2ccccc2-c2ccccc2)S(=O)(=O)c2ccccc2)cc1Cl. The lowest BCUT2D eigenvalue weighted by atomic mass is 10.0. The van der Waals surface area contributed by atoms with Gasteiger partial charge in [0.1, 0.15) is 12.3 Å². The maximum atomic E-state index is 13.5. The molecule has 0 aliphatic heterocycles. The summed E-state index contributed by atoms with van der Waals surface area (Å²) in [5, 5.41) is 3.10. The van der Waals surface area contributed by atoms with Gasteiger partial charge in [-0.25, -0.2) is 8.42 Å². The molecule has 4 rings (SSSR count). The quantitative estimate of drug-likeness (QED) is 0.325. The normalized spacial score (nSPS) is 11.0. The van der Waals surface area contributed by atoms with Gasteiger partial charge in [0, 0.05) is 11.3 Å². The number of carbonyl (C=O) groups excluding carboxylic acids is 1. The lowest BCUT2D eigenvalue weighted by Gasteiger charge is -2.25. The number of anilines is 2. The Morgan fingerprint density at radius 1 is 0.886 bits per heavy atom. The number of hydrogen-bond donors (Lipinski definition) is 1. The highest BCUT2D eigenvalue weighted by atomic mass is 35.5. The van der Waals surface area contributed by atoms with Gasteiger partial charge in [0.05, 0.1) is 22.7 Å². The van der Waals surface area contributed by atoms with Gasteiger partial charge in [-0.1, -0.05) is 78.3 Å². The average Bonchev–Trinajstić information content (AvgIpc) is 2.88. The Hall–Kier alpha value is -3.81. The Kier molecular flexibility index (Phi) is 7.39. The second-order valence-electron chi connectivity index (χ2n) is 7.60. The summed E-state index contributed by atoms with van der Waals surface area (Å²) >= 11 is 6.28. The fourth-order valence-corrected chi connectivity index (χ4v) is 5.31. The molecule has 0 fully saturated rings. The number of hydrogen-bond acceptors (Lipinski definition) is 4. The maximum Gasteiger partial charge on any atom is 0.264 e. The van der Waals surface area contributed by atoms with Crippen molar-refractivity contribution < 1.29 is 17.9 Å². The van der Waals surface area contributed by atoms with Gasteiger partial charge >= 0.3 is 0 Å². The number of halogens is 1. The van der Waals surface area contributed by atoms with E-state index < -0.39 is 22.5 Å². The molecule has 0 bridgehead atoms. The number of carbonyl (C=O) groups is 1. The minimum Gasteiger partial charge on any atom is -0.495 e. The van der Waals surface area contributed by atoms with Gasteiger partial charge in [0.25, 0.3) is 10.0 Å². The molecule has 0 spiro atoms. The molecule has 0 heterocycles. The average molecular weight is 507 g/mol. The monoisotopic (exact) mass is 506 g/mol. The summed E-state index contributed by atoms with van der Waals surface area (Å²) in [7, 11) is -2.60. The predicted octanol–water partition coefficient (Wildman–Crippen LogP) is 5.85. The fraction of sp³-hybridized carbons (Fsp3) is 0.0741. The van der Waals surface area contributed by atoms with Crippen molar-refractivity contribution in [2.24, 2.45) is 0 Å². The maximum absolute atomic E-state index is 13.5. The van der Waals surface area contributed by atoms with Gasteiger partial charge in [-0.3, -0.25) is 9.10 Å². The van der Waals surface area contributed by atoms with E-state index in [1.807, 2.05) is 48.5 Å². The van der Waals surface area contributed by atoms with E-state index in [2.05, 4.69) is 5.32 Å². The molecule has 4 aromatic carbocycles. The fourth-order valence-electron chi connectivity index (χ4n) is 3.63. The predicted molar refractivity (Wildman–Crippen MR) is 139 cm³/mol. The summed E-state index contributed by atoms with van der Waals surface area (Å²) in [6.45, 7) is -0.455. The summed E-state index contributed by atoms with van der Waals surface area (Å²) in [5.41, 5.74) is 2.57. The number of para-hydroxylation sites is 1. The second-order valence-corrected chi connectivity index (χ2v) is 9.87. The number of benzene rings is 4. The van der Waals surface area contributed by atoms with Crippen LogP contribution in [0.3, 0.4) is 0 Å². The Labute approximate surface area is 209 Å². The van der Waals surface area contributed by atoms with Crippen molar-refractivity contribution in [2.75, 3.05) is 23.3 Å².